The number of nitrogens with one attached hydrogen (secondary N) is 1. The van der Waals surface area contributed by atoms with Crippen molar-refractivity contribution < 1.29 is 13.2 Å². The van der Waals surface area contributed by atoms with E-state index >= 15 is 0 Å². The number of anilines is 1. The third-order valence-corrected chi connectivity index (χ3v) is 10.2. The summed E-state index contributed by atoms with van der Waals surface area (Å²) in [5.74, 6) is 0.461. The van der Waals surface area contributed by atoms with Crippen molar-refractivity contribution in [2.45, 2.75) is 86.1 Å². The summed E-state index contributed by atoms with van der Waals surface area (Å²) in [6.45, 7) is 2.07. The number of aromatic nitrogens is 2. The van der Waals surface area contributed by atoms with Gasteiger partial charge in [-0.25, -0.2) is 13.1 Å². The van der Waals surface area contributed by atoms with Crippen molar-refractivity contribution in [1.29, 1.82) is 5.26 Å². The minimum Gasteiger partial charge on any atom is -0.343 e. The van der Waals surface area contributed by atoms with Crippen molar-refractivity contribution in [3.05, 3.63) is 41.0 Å². The van der Waals surface area contributed by atoms with Crippen LogP contribution in [0.15, 0.2) is 35.2 Å². The molecule has 0 unspecified atom stereocenters. The van der Waals surface area contributed by atoms with E-state index < -0.39 is 26.7 Å². The smallest absolute Gasteiger partial charge is 0.244 e. The fraction of sp³-hybridized carbons (Fsp3) is 0.560. The summed E-state index contributed by atoms with van der Waals surface area (Å²) in [6, 6.07) is 10.1. The lowest BCUT2D eigenvalue weighted by atomic mass is 9.96. The number of hydrogen-bond acceptors (Lipinski definition) is 6. The van der Waals surface area contributed by atoms with Crippen LogP contribution in [0, 0.1) is 18.3 Å². The summed E-state index contributed by atoms with van der Waals surface area (Å²) < 4.78 is 29.3. The van der Waals surface area contributed by atoms with Crippen LogP contribution in [-0.4, -0.2) is 47.5 Å². The minimum absolute atomic E-state index is 0.0836. The van der Waals surface area contributed by atoms with Gasteiger partial charge in [-0.1, -0.05) is 43.0 Å². The molecule has 3 aliphatic rings. The highest BCUT2D eigenvalue weighted by molar-refractivity contribution is 7.92. The van der Waals surface area contributed by atoms with Crippen LogP contribution in [0.1, 0.15) is 63.1 Å². The summed E-state index contributed by atoms with van der Waals surface area (Å²) in [4.78, 5) is 15.4. The van der Waals surface area contributed by atoms with Gasteiger partial charge in [-0.05, 0) is 51.2 Å². The van der Waals surface area contributed by atoms with E-state index in [0.717, 1.165) is 37.2 Å². The Morgan fingerprint density at radius 2 is 1.94 bits per heavy atom. The Labute approximate surface area is 211 Å². The van der Waals surface area contributed by atoms with E-state index in [1.807, 2.05) is 22.6 Å². The average Bonchev–Trinajstić information content (AvgIpc) is 3.29. The molecule has 1 aliphatic heterocycles. The summed E-state index contributed by atoms with van der Waals surface area (Å²) in [5.41, 5.74) is -0.0000407. The molecule has 5 rings (SSSR count). The molecule has 186 valence electrons. The minimum atomic E-state index is -3.79. The highest BCUT2D eigenvalue weighted by atomic mass is 35.5. The second-order valence-electron chi connectivity index (χ2n) is 10.1. The molecule has 2 saturated carbocycles. The van der Waals surface area contributed by atoms with Crippen LogP contribution < -0.4 is 10.2 Å². The molecule has 1 aromatic heterocycles. The lowest BCUT2D eigenvalue weighted by Crippen LogP contribution is -2.48. The van der Waals surface area contributed by atoms with E-state index in [2.05, 4.69) is 11.4 Å². The van der Waals surface area contributed by atoms with Gasteiger partial charge in [0.05, 0.1) is 33.0 Å². The Morgan fingerprint density at radius 3 is 2.60 bits per heavy atom. The van der Waals surface area contributed by atoms with Crippen molar-refractivity contribution in [2.75, 3.05) is 11.4 Å². The van der Waals surface area contributed by atoms with Crippen molar-refractivity contribution in [1.82, 2.24) is 15.1 Å². The number of hydrogen-bond donors (Lipinski definition) is 1. The number of amides is 1. The Morgan fingerprint density at radius 1 is 1.23 bits per heavy atom. The van der Waals surface area contributed by atoms with Gasteiger partial charge in [0.25, 0.3) is 0 Å². The van der Waals surface area contributed by atoms with Crippen molar-refractivity contribution in [2.24, 2.45) is 0 Å². The van der Waals surface area contributed by atoms with E-state index in [-0.39, 0.29) is 34.8 Å². The predicted molar refractivity (Wildman–Crippen MR) is 133 cm³/mol. The van der Waals surface area contributed by atoms with E-state index in [4.69, 9.17) is 16.7 Å². The first-order valence-electron chi connectivity index (χ1n) is 12.3. The summed E-state index contributed by atoms with van der Waals surface area (Å²) >= 11 is 6.26. The maximum atomic E-state index is 13.6. The highest BCUT2D eigenvalue weighted by Gasteiger charge is 2.50. The molecular formula is C25H30ClN5O3S. The van der Waals surface area contributed by atoms with Crippen molar-refractivity contribution in [3.8, 4) is 6.07 Å². The Hall–Kier alpha value is -2.57. The first-order chi connectivity index (χ1) is 16.7. The SMILES string of the molecule is Cc1cc(N2C[C@H](S(=O)(=O)c3ccccc3Cl)C[C@H]2C(=O)NC2(C#N)CC2)n(C2CCCCC2)n1. The number of rotatable bonds is 6. The maximum absolute atomic E-state index is 13.6. The number of aryl methyl sites for hydroxylation is 1. The zero-order valence-corrected chi connectivity index (χ0v) is 21.4. The number of carbonyl (C=O) groups excluding carboxylic acids is 1. The van der Waals surface area contributed by atoms with E-state index in [0.29, 0.717) is 12.8 Å². The molecule has 2 aliphatic carbocycles. The number of carbonyl (C=O) groups is 1. The lowest BCUT2D eigenvalue weighted by Gasteiger charge is -2.30. The van der Waals surface area contributed by atoms with Crippen LogP contribution in [0.2, 0.25) is 5.02 Å². The number of halogens is 1. The normalized spacial score (nSPS) is 24.2. The molecule has 10 heteroatoms. The van der Waals surface area contributed by atoms with Gasteiger partial charge in [0.1, 0.15) is 17.4 Å². The molecule has 3 fully saturated rings. The molecule has 8 nitrogen and oxygen atoms in total. The van der Waals surface area contributed by atoms with Crippen LogP contribution in [0.3, 0.4) is 0 Å². The number of nitrogens with zero attached hydrogens (tertiary/aromatic N) is 4. The van der Waals surface area contributed by atoms with Gasteiger partial charge in [-0.15, -0.1) is 0 Å². The van der Waals surface area contributed by atoms with Crippen molar-refractivity contribution in [3.63, 3.8) is 0 Å². The van der Waals surface area contributed by atoms with Gasteiger partial charge in [0.2, 0.25) is 5.91 Å². The van der Waals surface area contributed by atoms with Crippen LogP contribution in [0.25, 0.3) is 0 Å². The van der Waals surface area contributed by atoms with Gasteiger partial charge >= 0.3 is 0 Å². The molecule has 0 radical (unpaired) electrons. The topological polar surface area (TPSA) is 108 Å². The molecular weight excluding hydrogens is 486 g/mol. The fourth-order valence-corrected chi connectivity index (χ4v) is 7.62. The molecule has 1 amide bonds. The molecule has 1 N–H and O–H groups in total. The second kappa shape index (κ2) is 9.14. The van der Waals surface area contributed by atoms with Gasteiger partial charge in [-0.2, -0.15) is 10.4 Å². The van der Waals surface area contributed by atoms with Crippen LogP contribution in [0.4, 0.5) is 5.82 Å². The van der Waals surface area contributed by atoms with Gasteiger partial charge in [-0.3, -0.25) is 4.79 Å². The average molecular weight is 516 g/mol. The Bertz CT molecular complexity index is 1270. The molecule has 2 heterocycles. The zero-order valence-electron chi connectivity index (χ0n) is 19.8. The number of sulfone groups is 1. The Balaban J connectivity index is 1.51. The molecule has 2 atom stereocenters. The van der Waals surface area contributed by atoms with Crippen LogP contribution in [-0.2, 0) is 14.6 Å². The first kappa shape index (κ1) is 24.1. The third kappa shape index (κ3) is 4.54. The van der Waals surface area contributed by atoms with Gasteiger partial charge in [0, 0.05) is 12.6 Å². The van der Waals surface area contributed by atoms with Crippen LogP contribution in [0.5, 0.6) is 0 Å². The second-order valence-corrected chi connectivity index (χ2v) is 12.7. The standard InChI is InChI=1S/C25H30ClN5O3S/c1-17-13-23(31(29-17)18-7-3-2-4-8-18)30-15-19(35(33,34)22-10-6-5-9-20(22)26)14-21(30)24(32)28-25(16-27)11-12-25/h5-6,9-10,13,18-19,21H,2-4,7-8,11-12,14-15H2,1H3,(H,28,32)/t19-,21+/m1/s1. The summed E-state index contributed by atoms with van der Waals surface area (Å²) in [7, 11) is -3.79. The molecule has 1 aromatic carbocycles. The molecule has 35 heavy (non-hydrogen) atoms. The van der Waals surface area contributed by atoms with E-state index in [1.54, 1.807) is 18.2 Å². The van der Waals surface area contributed by atoms with Gasteiger partial charge < -0.3 is 10.2 Å². The van der Waals surface area contributed by atoms with E-state index in [9.17, 15) is 18.5 Å². The fourth-order valence-electron chi connectivity index (χ4n) is 5.40. The number of benzene rings is 1. The largest absolute Gasteiger partial charge is 0.343 e. The summed E-state index contributed by atoms with van der Waals surface area (Å²) in [5, 5.41) is 16.5. The molecule has 0 spiro atoms. The third-order valence-electron chi connectivity index (χ3n) is 7.53. The quantitative estimate of drug-likeness (QED) is 0.624. The van der Waals surface area contributed by atoms with Gasteiger partial charge in [0.15, 0.2) is 9.84 Å². The predicted octanol–water partition coefficient (Wildman–Crippen LogP) is 3.94. The Kier molecular flexibility index (Phi) is 6.30. The van der Waals surface area contributed by atoms with Crippen LogP contribution >= 0.6 is 11.6 Å². The zero-order chi connectivity index (χ0) is 24.8. The molecule has 0 bridgehead atoms. The molecule has 2 aromatic rings. The highest BCUT2D eigenvalue weighted by Crippen LogP contribution is 2.39. The molecule has 1 saturated heterocycles. The monoisotopic (exact) mass is 515 g/mol. The van der Waals surface area contributed by atoms with Crippen molar-refractivity contribution >= 4 is 33.2 Å². The number of nitriles is 1. The maximum Gasteiger partial charge on any atom is 0.244 e. The van der Waals surface area contributed by atoms with E-state index in [1.165, 1.54) is 12.5 Å². The first-order valence-corrected chi connectivity index (χ1v) is 14.2. The summed E-state index contributed by atoms with van der Waals surface area (Å²) in [6.07, 6.45) is 6.83. The lowest BCUT2D eigenvalue weighted by molar-refractivity contribution is -0.122.